The maximum atomic E-state index is 12.4. The van der Waals surface area contributed by atoms with Crippen molar-refractivity contribution < 1.29 is 4.79 Å². The van der Waals surface area contributed by atoms with Gasteiger partial charge in [0.25, 0.3) is 5.91 Å². The van der Waals surface area contributed by atoms with Crippen LogP contribution in [-0.4, -0.2) is 52.9 Å². The van der Waals surface area contributed by atoms with Gasteiger partial charge >= 0.3 is 0 Å². The lowest BCUT2D eigenvalue weighted by Crippen LogP contribution is -2.38. The molecule has 0 saturated heterocycles. The van der Waals surface area contributed by atoms with Crippen molar-refractivity contribution in [2.24, 2.45) is 16.5 Å². The molecular formula is C19H27N7O. The van der Waals surface area contributed by atoms with Crippen molar-refractivity contribution >= 4 is 28.6 Å². The first-order valence-corrected chi connectivity index (χ1v) is 9.20. The number of hydrogen-bond acceptors (Lipinski definition) is 5. The monoisotopic (exact) mass is 369 g/mol. The zero-order valence-corrected chi connectivity index (χ0v) is 16.1. The third kappa shape index (κ3) is 4.27. The van der Waals surface area contributed by atoms with E-state index >= 15 is 0 Å². The molecule has 0 radical (unpaired) electrons. The summed E-state index contributed by atoms with van der Waals surface area (Å²) in [5.74, 6) is 0.690. The first kappa shape index (κ1) is 18.9. The minimum Gasteiger partial charge on any atom is -0.370 e. The summed E-state index contributed by atoms with van der Waals surface area (Å²) in [6.07, 6.45) is 4.05. The molecule has 0 unspecified atom stereocenters. The summed E-state index contributed by atoms with van der Waals surface area (Å²) in [4.78, 5) is 27.3. The summed E-state index contributed by atoms with van der Waals surface area (Å²) >= 11 is 0. The highest BCUT2D eigenvalue weighted by molar-refractivity contribution is 5.96. The number of carbonyl (C=O) groups excluding carboxylic acids is 1. The Labute approximate surface area is 159 Å². The van der Waals surface area contributed by atoms with E-state index < -0.39 is 0 Å². The Morgan fingerprint density at radius 3 is 2.67 bits per heavy atom. The fraction of sp³-hybridized carbons (Fsp3) is 0.474. The number of rotatable bonds is 4. The van der Waals surface area contributed by atoms with Crippen LogP contribution in [0.25, 0.3) is 10.9 Å². The van der Waals surface area contributed by atoms with E-state index in [0.29, 0.717) is 5.82 Å². The predicted molar refractivity (Wildman–Crippen MR) is 108 cm³/mol. The quantitative estimate of drug-likeness (QED) is 0.556. The molecule has 3 rings (SSSR count). The van der Waals surface area contributed by atoms with E-state index in [1.54, 1.807) is 14.1 Å². The summed E-state index contributed by atoms with van der Waals surface area (Å²) in [6, 6.07) is 5.97. The molecule has 5 N–H and O–H groups in total. The van der Waals surface area contributed by atoms with Crippen LogP contribution in [0.2, 0.25) is 0 Å². The van der Waals surface area contributed by atoms with Gasteiger partial charge in [0.15, 0.2) is 5.96 Å². The van der Waals surface area contributed by atoms with Gasteiger partial charge in [-0.25, -0.2) is 15.0 Å². The number of guanidine groups is 1. The molecule has 8 heteroatoms. The molecule has 1 fully saturated rings. The number of benzene rings is 1. The number of nitrogens with zero attached hydrogens (tertiary/aromatic N) is 4. The van der Waals surface area contributed by atoms with E-state index in [1.165, 1.54) is 4.90 Å². The van der Waals surface area contributed by atoms with Gasteiger partial charge < -0.3 is 21.7 Å². The average molecular weight is 369 g/mol. The number of anilines is 1. The summed E-state index contributed by atoms with van der Waals surface area (Å²) in [7, 11) is 3.38. The molecule has 2 atom stereocenters. The smallest absolute Gasteiger partial charge is 0.291 e. The highest BCUT2D eigenvalue weighted by Gasteiger charge is 2.26. The van der Waals surface area contributed by atoms with Crippen LogP contribution in [0, 0.1) is 6.92 Å². The lowest BCUT2D eigenvalue weighted by atomic mass is 9.90. The van der Waals surface area contributed by atoms with Crippen molar-refractivity contribution in [2.75, 3.05) is 19.4 Å². The zero-order valence-electron chi connectivity index (χ0n) is 16.1. The van der Waals surface area contributed by atoms with Crippen LogP contribution in [0.3, 0.4) is 0 Å². The number of nitrogens with two attached hydrogens (primary N) is 2. The molecule has 27 heavy (non-hydrogen) atoms. The van der Waals surface area contributed by atoms with E-state index in [0.717, 1.165) is 42.1 Å². The number of amides is 1. The van der Waals surface area contributed by atoms with E-state index in [2.05, 4.69) is 20.3 Å². The third-order valence-electron chi connectivity index (χ3n) is 4.82. The SMILES string of the molecule is Cc1ccc2nc(C(=O)N(C)C)nc(N[C@H]3CCCC[C@H]3N=C(N)N)c2c1. The number of hydrogen-bond donors (Lipinski definition) is 3. The zero-order chi connectivity index (χ0) is 19.6. The molecule has 0 bridgehead atoms. The molecule has 1 heterocycles. The number of carbonyl (C=O) groups is 1. The van der Waals surface area contributed by atoms with Gasteiger partial charge in [-0.05, 0) is 31.9 Å². The second-order valence-electron chi connectivity index (χ2n) is 7.27. The molecule has 0 spiro atoms. The number of fused-ring (bicyclic) bond motifs is 1. The Morgan fingerprint density at radius 1 is 1.22 bits per heavy atom. The molecule has 1 amide bonds. The lowest BCUT2D eigenvalue weighted by Gasteiger charge is -2.30. The van der Waals surface area contributed by atoms with Crippen LogP contribution in [0.15, 0.2) is 23.2 Å². The Hall–Kier alpha value is -2.90. The predicted octanol–water partition coefficient (Wildman–Crippen LogP) is 1.64. The van der Waals surface area contributed by atoms with E-state index in [1.807, 2.05) is 25.1 Å². The highest BCUT2D eigenvalue weighted by Crippen LogP contribution is 2.28. The second kappa shape index (κ2) is 7.77. The Balaban J connectivity index is 2.04. The molecule has 1 aliphatic rings. The van der Waals surface area contributed by atoms with Crippen molar-refractivity contribution in [3.05, 3.63) is 29.6 Å². The first-order valence-electron chi connectivity index (χ1n) is 9.20. The largest absolute Gasteiger partial charge is 0.370 e. The number of aryl methyl sites for hydroxylation is 1. The molecule has 0 aliphatic heterocycles. The molecule has 1 aliphatic carbocycles. The van der Waals surface area contributed by atoms with Crippen molar-refractivity contribution in [3.63, 3.8) is 0 Å². The summed E-state index contributed by atoms with van der Waals surface area (Å²) in [6.45, 7) is 2.02. The minimum atomic E-state index is -0.232. The molecule has 1 saturated carbocycles. The number of aromatic nitrogens is 2. The van der Waals surface area contributed by atoms with Crippen LogP contribution in [-0.2, 0) is 0 Å². The van der Waals surface area contributed by atoms with Gasteiger partial charge in [0.05, 0.1) is 17.6 Å². The third-order valence-corrected chi connectivity index (χ3v) is 4.82. The van der Waals surface area contributed by atoms with Gasteiger partial charge in [-0.2, -0.15) is 0 Å². The van der Waals surface area contributed by atoms with Crippen LogP contribution in [0.5, 0.6) is 0 Å². The summed E-state index contributed by atoms with van der Waals surface area (Å²) in [5.41, 5.74) is 13.1. The van der Waals surface area contributed by atoms with E-state index in [-0.39, 0.29) is 29.8 Å². The lowest BCUT2D eigenvalue weighted by molar-refractivity contribution is 0.0816. The topological polar surface area (TPSA) is 123 Å². The Kier molecular flexibility index (Phi) is 5.43. The average Bonchev–Trinajstić information content (AvgIpc) is 2.62. The van der Waals surface area contributed by atoms with Crippen molar-refractivity contribution in [2.45, 2.75) is 44.7 Å². The minimum absolute atomic E-state index is 0.00780. The van der Waals surface area contributed by atoms with Gasteiger partial charge in [0.2, 0.25) is 5.82 Å². The highest BCUT2D eigenvalue weighted by atomic mass is 16.2. The van der Waals surface area contributed by atoms with E-state index in [9.17, 15) is 4.79 Å². The molecule has 144 valence electrons. The standard InChI is InChI=1S/C19H27N7O/c1-11-8-9-13-12(10-11)16(25-17(22-13)18(27)26(2)3)23-14-6-4-5-7-15(14)24-19(20)21/h8-10,14-15H,4-7H2,1-3H3,(H4,20,21,24)(H,22,23,25)/t14-,15+/m0/s1. The maximum absolute atomic E-state index is 12.4. The van der Waals surface area contributed by atoms with Crippen LogP contribution in [0.4, 0.5) is 5.82 Å². The van der Waals surface area contributed by atoms with Gasteiger partial charge in [0.1, 0.15) is 5.82 Å². The molecule has 1 aromatic heterocycles. The van der Waals surface area contributed by atoms with Gasteiger partial charge in [0, 0.05) is 19.5 Å². The number of nitrogens with one attached hydrogen (secondary N) is 1. The Morgan fingerprint density at radius 2 is 1.96 bits per heavy atom. The Bertz CT molecular complexity index is 874. The van der Waals surface area contributed by atoms with Gasteiger partial charge in [-0.1, -0.05) is 24.5 Å². The second-order valence-corrected chi connectivity index (χ2v) is 7.27. The fourth-order valence-corrected chi connectivity index (χ4v) is 3.45. The molecule has 1 aromatic carbocycles. The van der Waals surface area contributed by atoms with Crippen molar-refractivity contribution in [1.82, 2.24) is 14.9 Å². The van der Waals surface area contributed by atoms with E-state index in [4.69, 9.17) is 11.5 Å². The molecule has 8 nitrogen and oxygen atoms in total. The molecular weight excluding hydrogens is 342 g/mol. The van der Waals surface area contributed by atoms with Crippen LogP contribution < -0.4 is 16.8 Å². The fourth-order valence-electron chi connectivity index (χ4n) is 3.45. The normalized spacial score (nSPS) is 19.5. The maximum Gasteiger partial charge on any atom is 0.291 e. The molecule has 2 aromatic rings. The van der Waals surface area contributed by atoms with Crippen molar-refractivity contribution in [3.8, 4) is 0 Å². The van der Waals surface area contributed by atoms with Gasteiger partial charge in [-0.3, -0.25) is 4.79 Å². The number of aliphatic imine (C=N–C) groups is 1. The first-order chi connectivity index (χ1) is 12.8. The summed E-state index contributed by atoms with van der Waals surface area (Å²) in [5, 5.41) is 4.39. The van der Waals surface area contributed by atoms with Crippen LogP contribution >= 0.6 is 0 Å². The van der Waals surface area contributed by atoms with Gasteiger partial charge in [-0.15, -0.1) is 0 Å². The van der Waals surface area contributed by atoms with Crippen LogP contribution in [0.1, 0.15) is 41.9 Å². The van der Waals surface area contributed by atoms with Crippen molar-refractivity contribution in [1.29, 1.82) is 0 Å². The summed E-state index contributed by atoms with van der Waals surface area (Å²) < 4.78 is 0.